The second-order valence-corrected chi connectivity index (χ2v) is 17.0. The van der Waals surface area contributed by atoms with E-state index in [0.717, 1.165) is 0 Å². The zero-order valence-corrected chi connectivity index (χ0v) is 31.9. The average Bonchev–Trinajstić information content (AvgIpc) is 3.25. The zero-order valence-electron chi connectivity index (χ0n) is 31.1. The lowest BCUT2D eigenvalue weighted by molar-refractivity contribution is -0.208. The molecule has 1 aliphatic heterocycles. The van der Waals surface area contributed by atoms with E-state index in [-0.39, 0.29) is 24.9 Å². The van der Waals surface area contributed by atoms with E-state index in [1.807, 2.05) is 0 Å². The number of ether oxygens (including phenoxy) is 8. The summed E-state index contributed by atoms with van der Waals surface area (Å²) in [6, 6.07) is 0. The molecule has 1 heterocycles. The van der Waals surface area contributed by atoms with Crippen molar-refractivity contribution in [3.05, 3.63) is 0 Å². The quantitative estimate of drug-likeness (QED) is 0.125. The molecule has 0 aromatic carbocycles. The van der Waals surface area contributed by atoms with Crippen molar-refractivity contribution in [2.24, 2.45) is 21.7 Å². The van der Waals surface area contributed by atoms with Crippen molar-refractivity contribution < 1.29 is 61.9 Å². The number of carbonyl (C=O) groups excluding carboxylic acids is 5. The summed E-state index contributed by atoms with van der Waals surface area (Å²) in [5.74, 6) is -1.86. The van der Waals surface area contributed by atoms with Gasteiger partial charge in [0.1, 0.15) is 12.7 Å². The Balaban J connectivity index is 3.33. The van der Waals surface area contributed by atoms with E-state index in [4.69, 9.17) is 37.9 Å². The summed E-state index contributed by atoms with van der Waals surface area (Å²) in [6.45, 7) is 22.2. The summed E-state index contributed by atoms with van der Waals surface area (Å²) < 4.78 is 46.5. The Morgan fingerprint density at radius 2 is 1.08 bits per heavy atom. The first-order valence-corrected chi connectivity index (χ1v) is 17.2. The fraction of sp³-hybridized carbons (Fsp3) is 0.853. The van der Waals surface area contributed by atoms with Crippen molar-refractivity contribution in [3.8, 4) is 0 Å². The first kappa shape index (κ1) is 43.8. The summed E-state index contributed by atoms with van der Waals surface area (Å²) in [5, 5.41) is 0.0230. The van der Waals surface area contributed by atoms with E-state index in [2.05, 4.69) is 0 Å². The Bertz CT molecular complexity index is 1080. The van der Waals surface area contributed by atoms with Crippen LogP contribution in [0.1, 0.15) is 90.0 Å². The molecule has 48 heavy (non-hydrogen) atoms. The number of carbonyl (C=O) groups is 5. The smallest absolute Gasteiger partial charge is 0.311 e. The lowest BCUT2D eigenvalue weighted by atomic mass is 9.95. The summed E-state index contributed by atoms with van der Waals surface area (Å²) in [4.78, 5) is 63.3. The normalized spacial score (nSPS) is 20.9. The van der Waals surface area contributed by atoms with Gasteiger partial charge in [0, 0.05) is 12.7 Å². The first-order valence-electron chi connectivity index (χ1n) is 16.2. The topological polar surface area (TPSA) is 159 Å². The van der Waals surface area contributed by atoms with Crippen LogP contribution in [-0.4, -0.2) is 105 Å². The van der Waals surface area contributed by atoms with Crippen LogP contribution in [0.3, 0.4) is 0 Å². The van der Waals surface area contributed by atoms with Crippen LogP contribution in [-0.2, 0) is 61.9 Å². The van der Waals surface area contributed by atoms with E-state index in [1.165, 1.54) is 18.7 Å². The fourth-order valence-electron chi connectivity index (χ4n) is 3.62. The standard InChI is InChI=1S/C34H58O13S/c1-21(35)48-19-18-41-15-14-40-16-17-42-26-25(47-30(39)34(11,12)13)24(46-29(38)33(8,9)10)23(45-26)22(44-28(37)32(5,6)7)20-43-27(36)31(2,3)4/h22-26H,14-20H2,1-13H3/t22-,23+,24+,25-,26-/m1/s1. The van der Waals surface area contributed by atoms with Gasteiger partial charge in [-0.05, 0) is 83.1 Å². The van der Waals surface area contributed by atoms with Gasteiger partial charge in [0.05, 0.1) is 54.7 Å². The molecule has 0 aliphatic carbocycles. The Hall–Kier alpha value is -2.26. The molecule has 1 saturated heterocycles. The molecule has 0 aromatic rings. The highest BCUT2D eigenvalue weighted by atomic mass is 32.2. The molecule has 1 aliphatic rings. The van der Waals surface area contributed by atoms with Crippen LogP contribution in [0.2, 0.25) is 0 Å². The molecule has 14 heteroatoms. The predicted molar refractivity (Wildman–Crippen MR) is 178 cm³/mol. The Morgan fingerprint density at radius 1 is 0.625 bits per heavy atom. The molecule has 1 fully saturated rings. The van der Waals surface area contributed by atoms with Crippen LogP contribution in [0.5, 0.6) is 0 Å². The molecule has 0 spiro atoms. The summed E-state index contributed by atoms with van der Waals surface area (Å²) >= 11 is 1.18. The van der Waals surface area contributed by atoms with Gasteiger partial charge in [-0.3, -0.25) is 24.0 Å². The highest BCUT2D eigenvalue weighted by molar-refractivity contribution is 8.13. The minimum atomic E-state index is -1.30. The van der Waals surface area contributed by atoms with E-state index in [9.17, 15) is 24.0 Å². The molecule has 0 amide bonds. The summed E-state index contributed by atoms with van der Waals surface area (Å²) in [6.07, 6.45) is -6.36. The maximum atomic E-state index is 13.3. The van der Waals surface area contributed by atoms with Gasteiger partial charge in [0.15, 0.2) is 29.7 Å². The minimum absolute atomic E-state index is 0.00740. The van der Waals surface area contributed by atoms with Crippen LogP contribution >= 0.6 is 11.8 Å². The number of rotatable bonds is 16. The van der Waals surface area contributed by atoms with Crippen molar-refractivity contribution in [1.82, 2.24) is 0 Å². The van der Waals surface area contributed by atoms with Gasteiger partial charge in [0.2, 0.25) is 0 Å². The number of esters is 4. The molecule has 5 atom stereocenters. The molecule has 0 N–H and O–H groups in total. The first-order chi connectivity index (χ1) is 21.9. The molecule has 0 radical (unpaired) electrons. The van der Waals surface area contributed by atoms with Gasteiger partial charge >= 0.3 is 23.9 Å². The predicted octanol–water partition coefficient (Wildman–Crippen LogP) is 4.50. The van der Waals surface area contributed by atoms with Crippen molar-refractivity contribution in [1.29, 1.82) is 0 Å². The van der Waals surface area contributed by atoms with E-state index in [1.54, 1.807) is 83.1 Å². The molecule has 0 saturated carbocycles. The molecular formula is C34H58O13S. The minimum Gasteiger partial charge on any atom is -0.461 e. The fourth-order valence-corrected chi connectivity index (χ4v) is 4.11. The number of hydrogen-bond donors (Lipinski definition) is 0. The lowest BCUT2D eigenvalue weighted by Gasteiger charge is -2.32. The third kappa shape index (κ3) is 15.5. The second-order valence-electron chi connectivity index (χ2n) is 15.7. The molecule has 0 unspecified atom stereocenters. The Morgan fingerprint density at radius 3 is 1.56 bits per heavy atom. The lowest BCUT2D eigenvalue weighted by Crippen LogP contribution is -2.50. The van der Waals surface area contributed by atoms with Crippen molar-refractivity contribution in [3.63, 3.8) is 0 Å². The number of hydrogen-bond acceptors (Lipinski definition) is 14. The van der Waals surface area contributed by atoms with Crippen LogP contribution in [0.4, 0.5) is 0 Å². The van der Waals surface area contributed by atoms with E-state index < -0.39 is 82.8 Å². The molecular weight excluding hydrogens is 648 g/mol. The highest BCUT2D eigenvalue weighted by Crippen LogP contribution is 2.35. The van der Waals surface area contributed by atoms with Gasteiger partial charge in [-0.25, -0.2) is 0 Å². The average molecular weight is 707 g/mol. The SMILES string of the molecule is CC(=O)SCCOCCOCCO[C@@H]1O[C@@H]([C@@H](COC(=O)C(C)(C)C)OC(=O)C(C)(C)C)[C@H](OC(=O)C(C)(C)C)[C@H]1OC(=O)C(C)(C)C. The largest absolute Gasteiger partial charge is 0.461 e. The second kappa shape index (κ2) is 18.7. The van der Waals surface area contributed by atoms with Crippen LogP contribution < -0.4 is 0 Å². The maximum absolute atomic E-state index is 13.3. The highest BCUT2D eigenvalue weighted by Gasteiger charge is 2.56. The zero-order chi connectivity index (χ0) is 37.1. The summed E-state index contributed by atoms with van der Waals surface area (Å²) in [5.41, 5.74) is -3.70. The third-order valence-electron chi connectivity index (χ3n) is 6.56. The Labute approximate surface area is 290 Å². The molecule has 0 bridgehead atoms. The van der Waals surface area contributed by atoms with Gasteiger partial charge in [-0.2, -0.15) is 0 Å². The van der Waals surface area contributed by atoms with Crippen LogP contribution in [0, 0.1) is 21.7 Å². The number of thioether (sulfide) groups is 1. The molecule has 1 rings (SSSR count). The van der Waals surface area contributed by atoms with Gasteiger partial charge in [0.25, 0.3) is 0 Å². The van der Waals surface area contributed by atoms with E-state index >= 15 is 0 Å². The summed E-state index contributed by atoms with van der Waals surface area (Å²) in [7, 11) is 0. The van der Waals surface area contributed by atoms with Gasteiger partial charge in [-0.1, -0.05) is 11.8 Å². The van der Waals surface area contributed by atoms with Crippen molar-refractivity contribution in [2.75, 3.05) is 45.4 Å². The maximum Gasteiger partial charge on any atom is 0.311 e. The Kier molecular flexibility index (Phi) is 17.0. The van der Waals surface area contributed by atoms with Gasteiger partial charge in [-0.15, -0.1) is 0 Å². The van der Waals surface area contributed by atoms with Crippen molar-refractivity contribution >= 4 is 40.8 Å². The third-order valence-corrected chi connectivity index (χ3v) is 7.34. The molecule has 13 nitrogen and oxygen atoms in total. The van der Waals surface area contributed by atoms with Crippen LogP contribution in [0.25, 0.3) is 0 Å². The molecule has 0 aromatic heterocycles. The van der Waals surface area contributed by atoms with Gasteiger partial charge < -0.3 is 37.9 Å². The van der Waals surface area contributed by atoms with E-state index in [0.29, 0.717) is 19.0 Å². The van der Waals surface area contributed by atoms with Crippen LogP contribution in [0.15, 0.2) is 0 Å². The van der Waals surface area contributed by atoms with Crippen molar-refractivity contribution in [2.45, 2.75) is 121 Å². The molecule has 278 valence electrons. The monoisotopic (exact) mass is 706 g/mol.